The number of rotatable bonds is 4. The average molecular weight is 476 g/mol. The second kappa shape index (κ2) is 8.99. The number of ketones is 1. The van der Waals surface area contributed by atoms with E-state index in [1.165, 1.54) is 12.0 Å². The fourth-order valence-electron chi connectivity index (χ4n) is 4.17. The van der Waals surface area contributed by atoms with Crippen molar-refractivity contribution in [3.8, 4) is 5.75 Å². The Labute approximate surface area is 204 Å². The highest BCUT2D eigenvalue weighted by molar-refractivity contribution is 6.51. The lowest BCUT2D eigenvalue weighted by Crippen LogP contribution is -2.29. The fraction of sp³-hybridized carbons (Fsp3) is 0.214. The molecule has 1 amide bonds. The molecule has 1 saturated heterocycles. The van der Waals surface area contributed by atoms with Crippen molar-refractivity contribution in [2.75, 3.05) is 12.0 Å². The van der Waals surface area contributed by atoms with Gasteiger partial charge >= 0.3 is 0 Å². The lowest BCUT2D eigenvalue weighted by molar-refractivity contribution is -0.132. The van der Waals surface area contributed by atoms with Crippen LogP contribution in [-0.2, 0) is 15.0 Å². The van der Waals surface area contributed by atoms with Crippen LogP contribution in [0.2, 0.25) is 5.02 Å². The van der Waals surface area contributed by atoms with Crippen molar-refractivity contribution >= 4 is 34.7 Å². The molecule has 6 heteroatoms. The van der Waals surface area contributed by atoms with Crippen molar-refractivity contribution < 1.29 is 19.4 Å². The molecule has 3 aromatic carbocycles. The van der Waals surface area contributed by atoms with E-state index in [1.807, 2.05) is 36.4 Å². The van der Waals surface area contributed by atoms with Crippen LogP contribution in [0.3, 0.4) is 0 Å². The average Bonchev–Trinajstić information content (AvgIpc) is 3.09. The standard InChI is InChI=1S/C28H26ClNO4/c1-28(2,3)18-11-15-20(16-12-18)30-24(21-7-5-6-8-22(21)34-4)23(26(32)27(30)33)25(31)17-9-13-19(29)14-10-17/h5-16,24,31H,1-4H3/b25-23+. The van der Waals surface area contributed by atoms with Crippen molar-refractivity contribution in [3.05, 3.63) is 100 Å². The molecule has 174 valence electrons. The van der Waals surface area contributed by atoms with Crippen molar-refractivity contribution in [1.29, 1.82) is 0 Å². The first-order chi connectivity index (χ1) is 16.1. The predicted octanol–water partition coefficient (Wildman–Crippen LogP) is 6.27. The number of amides is 1. The molecule has 0 aliphatic carbocycles. The quantitative estimate of drug-likeness (QED) is 0.274. The van der Waals surface area contributed by atoms with Crippen LogP contribution in [0.15, 0.2) is 78.4 Å². The maximum Gasteiger partial charge on any atom is 0.300 e. The molecule has 1 heterocycles. The number of para-hydroxylation sites is 1. The van der Waals surface area contributed by atoms with Crippen LogP contribution in [0.5, 0.6) is 5.75 Å². The third-order valence-electron chi connectivity index (χ3n) is 6.01. The summed E-state index contributed by atoms with van der Waals surface area (Å²) in [4.78, 5) is 28.1. The van der Waals surface area contributed by atoms with E-state index in [-0.39, 0.29) is 16.7 Å². The van der Waals surface area contributed by atoms with Gasteiger partial charge in [-0.3, -0.25) is 14.5 Å². The van der Waals surface area contributed by atoms with E-state index < -0.39 is 17.7 Å². The molecule has 0 bridgehead atoms. The van der Waals surface area contributed by atoms with Gasteiger partial charge in [0.2, 0.25) is 0 Å². The van der Waals surface area contributed by atoms with Crippen molar-refractivity contribution in [1.82, 2.24) is 0 Å². The molecule has 1 atom stereocenters. The molecule has 3 aromatic rings. The highest BCUT2D eigenvalue weighted by Gasteiger charge is 2.47. The minimum atomic E-state index is -0.868. The number of hydrogen-bond acceptors (Lipinski definition) is 4. The monoisotopic (exact) mass is 475 g/mol. The van der Waals surface area contributed by atoms with Crippen LogP contribution in [0.4, 0.5) is 5.69 Å². The maximum absolute atomic E-state index is 13.3. The number of halogens is 1. The second-order valence-corrected chi connectivity index (χ2v) is 9.65. The SMILES string of the molecule is COc1ccccc1C1/C(=C(\O)c2ccc(Cl)cc2)C(=O)C(=O)N1c1ccc(C(C)(C)C)cc1. The van der Waals surface area contributed by atoms with Crippen LogP contribution in [0.1, 0.15) is 43.5 Å². The first kappa shape index (κ1) is 23.6. The number of carbonyl (C=O) groups is 2. The van der Waals surface area contributed by atoms with Crippen LogP contribution in [-0.4, -0.2) is 23.9 Å². The molecule has 1 unspecified atom stereocenters. The highest BCUT2D eigenvalue weighted by atomic mass is 35.5. The summed E-state index contributed by atoms with van der Waals surface area (Å²) in [5.41, 5.74) is 2.58. The highest BCUT2D eigenvalue weighted by Crippen LogP contribution is 2.45. The molecule has 34 heavy (non-hydrogen) atoms. The van der Waals surface area contributed by atoms with E-state index in [0.29, 0.717) is 27.6 Å². The van der Waals surface area contributed by atoms with E-state index in [4.69, 9.17) is 16.3 Å². The largest absolute Gasteiger partial charge is 0.507 e. The number of nitrogens with zero attached hydrogens (tertiary/aromatic N) is 1. The van der Waals surface area contributed by atoms with Crippen LogP contribution in [0, 0.1) is 0 Å². The predicted molar refractivity (Wildman–Crippen MR) is 134 cm³/mol. The van der Waals surface area contributed by atoms with Gasteiger partial charge in [0, 0.05) is 21.8 Å². The first-order valence-electron chi connectivity index (χ1n) is 10.9. The number of aliphatic hydroxyl groups excluding tert-OH is 1. The molecule has 0 aromatic heterocycles. The Kier molecular flexibility index (Phi) is 6.24. The van der Waals surface area contributed by atoms with Crippen LogP contribution < -0.4 is 9.64 Å². The van der Waals surface area contributed by atoms with E-state index in [0.717, 1.165) is 5.56 Å². The molecule has 4 rings (SSSR count). The minimum absolute atomic E-state index is 0.00304. The number of aliphatic hydroxyl groups is 1. The molecule has 0 spiro atoms. The molecular formula is C28H26ClNO4. The number of Topliss-reactive ketones (excluding diaryl/α,β-unsaturated/α-hetero) is 1. The summed E-state index contributed by atoms with van der Waals surface area (Å²) in [6.45, 7) is 6.32. The summed E-state index contributed by atoms with van der Waals surface area (Å²) in [6.07, 6.45) is 0. The summed E-state index contributed by atoms with van der Waals surface area (Å²) in [7, 11) is 1.53. The van der Waals surface area contributed by atoms with Gasteiger partial charge in [0.1, 0.15) is 11.5 Å². The van der Waals surface area contributed by atoms with Crippen molar-refractivity contribution in [2.45, 2.75) is 32.2 Å². The smallest absolute Gasteiger partial charge is 0.300 e. The van der Waals surface area contributed by atoms with Crippen molar-refractivity contribution in [3.63, 3.8) is 0 Å². The first-order valence-corrected chi connectivity index (χ1v) is 11.3. The minimum Gasteiger partial charge on any atom is -0.507 e. The number of carbonyl (C=O) groups excluding carboxylic acids is 2. The Morgan fingerprint density at radius 3 is 2.15 bits per heavy atom. The third-order valence-corrected chi connectivity index (χ3v) is 6.26. The van der Waals surface area contributed by atoms with Gasteiger partial charge in [-0.1, -0.05) is 62.7 Å². The number of ether oxygens (including phenoxy) is 1. The van der Waals surface area contributed by atoms with Gasteiger partial charge in [0.05, 0.1) is 18.7 Å². The molecule has 1 N–H and O–H groups in total. The van der Waals surface area contributed by atoms with Crippen molar-refractivity contribution in [2.24, 2.45) is 0 Å². The Hall–Kier alpha value is -3.57. The van der Waals surface area contributed by atoms with Crippen LogP contribution in [0.25, 0.3) is 5.76 Å². The Balaban J connectivity index is 1.94. The summed E-state index contributed by atoms with van der Waals surface area (Å²) in [5.74, 6) is -1.23. The van der Waals surface area contributed by atoms with Crippen LogP contribution >= 0.6 is 11.6 Å². The fourth-order valence-corrected chi connectivity index (χ4v) is 4.30. The Morgan fingerprint density at radius 1 is 0.941 bits per heavy atom. The number of benzene rings is 3. The van der Waals surface area contributed by atoms with Gasteiger partial charge < -0.3 is 9.84 Å². The maximum atomic E-state index is 13.3. The molecule has 1 aliphatic rings. The zero-order chi connectivity index (χ0) is 24.6. The number of hydrogen-bond donors (Lipinski definition) is 1. The molecule has 5 nitrogen and oxygen atoms in total. The van der Waals surface area contributed by atoms with Gasteiger partial charge in [-0.25, -0.2) is 0 Å². The van der Waals surface area contributed by atoms with Gasteiger partial charge in [0.15, 0.2) is 0 Å². The normalized spacial score (nSPS) is 17.8. The molecule has 1 aliphatic heterocycles. The summed E-state index contributed by atoms with van der Waals surface area (Å²) >= 11 is 6.00. The molecular weight excluding hydrogens is 450 g/mol. The zero-order valence-electron chi connectivity index (χ0n) is 19.5. The third kappa shape index (κ3) is 4.19. The van der Waals surface area contributed by atoms with Gasteiger partial charge in [-0.05, 0) is 53.4 Å². The summed E-state index contributed by atoms with van der Waals surface area (Å²) in [6, 6.07) is 20.3. The summed E-state index contributed by atoms with van der Waals surface area (Å²) in [5, 5.41) is 11.7. The topological polar surface area (TPSA) is 66.8 Å². The Morgan fingerprint density at radius 2 is 1.56 bits per heavy atom. The van der Waals surface area contributed by atoms with E-state index in [1.54, 1.807) is 36.4 Å². The lowest BCUT2D eigenvalue weighted by Gasteiger charge is -2.27. The van der Waals surface area contributed by atoms with Gasteiger partial charge in [-0.15, -0.1) is 0 Å². The Bertz CT molecular complexity index is 1270. The number of methoxy groups -OCH3 is 1. The van der Waals surface area contributed by atoms with Gasteiger partial charge in [-0.2, -0.15) is 0 Å². The molecule has 0 radical (unpaired) electrons. The van der Waals surface area contributed by atoms with E-state index in [2.05, 4.69) is 20.8 Å². The zero-order valence-corrected chi connectivity index (χ0v) is 20.3. The van der Waals surface area contributed by atoms with E-state index >= 15 is 0 Å². The number of anilines is 1. The lowest BCUT2D eigenvalue weighted by atomic mass is 9.87. The molecule has 1 fully saturated rings. The van der Waals surface area contributed by atoms with E-state index in [9.17, 15) is 14.7 Å². The van der Waals surface area contributed by atoms with Gasteiger partial charge in [0.25, 0.3) is 11.7 Å². The summed E-state index contributed by atoms with van der Waals surface area (Å²) < 4.78 is 5.55. The second-order valence-electron chi connectivity index (χ2n) is 9.21. The molecule has 0 saturated carbocycles.